The Morgan fingerprint density at radius 1 is 0.938 bits per heavy atom. The summed E-state index contributed by atoms with van der Waals surface area (Å²) in [4.78, 5) is 0. The van der Waals surface area contributed by atoms with Gasteiger partial charge in [0.2, 0.25) is 0 Å². The Labute approximate surface area is 100 Å². The van der Waals surface area contributed by atoms with E-state index >= 15 is 0 Å². The van der Waals surface area contributed by atoms with E-state index in [1.54, 1.807) is 0 Å². The number of hydrogen-bond acceptors (Lipinski definition) is 1. The molecule has 90 valence electrons. The maximum atomic E-state index is 3.55. The lowest BCUT2D eigenvalue weighted by atomic mass is 9.83. The minimum atomic E-state index is 0.172. The summed E-state index contributed by atoms with van der Waals surface area (Å²) >= 11 is 0. The van der Waals surface area contributed by atoms with Crippen molar-refractivity contribution in [1.29, 1.82) is 0 Å². The molecule has 1 heteroatoms. The first kappa shape index (κ1) is 13.2. The minimum Gasteiger partial charge on any atom is -0.308 e. The average molecular weight is 219 g/mol. The molecule has 0 aliphatic carbocycles. The Hall–Kier alpha value is -0.820. The van der Waals surface area contributed by atoms with Gasteiger partial charge in [-0.1, -0.05) is 45.0 Å². The average Bonchev–Trinajstić information content (AvgIpc) is 2.12. The Kier molecular flexibility index (Phi) is 3.80. The van der Waals surface area contributed by atoms with E-state index in [1.807, 2.05) is 0 Å². The predicted molar refractivity (Wildman–Crippen MR) is 71.7 cm³/mol. The van der Waals surface area contributed by atoms with Crippen LogP contribution in [0.4, 0.5) is 0 Å². The summed E-state index contributed by atoms with van der Waals surface area (Å²) in [6.07, 6.45) is 0. The molecule has 0 unspecified atom stereocenters. The zero-order valence-electron chi connectivity index (χ0n) is 11.5. The van der Waals surface area contributed by atoms with E-state index in [9.17, 15) is 0 Å². The van der Waals surface area contributed by atoms with Crippen LogP contribution in [0.5, 0.6) is 0 Å². The number of benzene rings is 1. The lowest BCUT2D eigenvalue weighted by Crippen LogP contribution is -2.35. The van der Waals surface area contributed by atoms with Crippen LogP contribution < -0.4 is 5.32 Å². The molecule has 0 aromatic heterocycles. The molecule has 1 aromatic rings. The maximum absolute atomic E-state index is 3.55. The van der Waals surface area contributed by atoms with Crippen LogP contribution in [0.25, 0.3) is 0 Å². The molecule has 0 atom stereocenters. The van der Waals surface area contributed by atoms with E-state index < -0.39 is 0 Å². The van der Waals surface area contributed by atoms with Crippen molar-refractivity contribution >= 4 is 0 Å². The number of nitrogens with one attached hydrogen (secondary N) is 1. The standard InChI is InChI=1S/C15H25N/c1-14(2,3)13-10-8-7-9-12(13)11-16-15(4,5)6/h7-10,16H,11H2,1-6H3. The fourth-order valence-electron chi connectivity index (χ4n) is 1.77. The molecule has 0 saturated carbocycles. The van der Waals surface area contributed by atoms with Gasteiger partial charge in [-0.2, -0.15) is 0 Å². The van der Waals surface area contributed by atoms with Gasteiger partial charge in [0.25, 0.3) is 0 Å². The summed E-state index contributed by atoms with van der Waals surface area (Å²) in [6.45, 7) is 14.3. The molecule has 0 aliphatic heterocycles. The number of rotatable bonds is 2. The third-order valence-corrected chi connectivity index (χ3v) is 2.63. The SMILES string of the molecule is CC(C)(C)NCc1ccccc1C(C)(C)C. The van der Waals surface area contributed by atoms with Crippen molar-refractivity contribution in [1.82, 2.24) is 5.32 Å². The molecule has 0 spiro atoms. The van der Waals surface area contributed by atoms with Crippen molar-refractivity contribution in [2.24, 2.45) is 0 Å². The Balaban J connectivity index is 2.88. The van der Waals surface area contributed by atoms with Crippen LogP contribution in [0.1, 0.15) is 52.7 Å². The normalized spacial score (nSPS) is 12.9. The highest BCUT2D eigenvalue weighted by atomic mass is 14.9. The summed E-state index contributed by atoms with van der Waals surface area (Å²) in [7, 11) is 0. The van der Waals surface area contributed by atoms with Gasteiger partial charge in [0.1, 0.15) is 0 Å². The van der Waals surface area contributed by atoms with Crippen molar-refractivity contribution in [3.63, 3.8) is 0 Å². The van der Waals surface area contributed by atoms with E-state index in [2.05, 4.69) is 71.1 Å². The van der Waals surface area contributed by atoms with E-state index in [-0.39, 0.29) is 11.0 Å². The van der Waals surface area contributed by atoms with Crippen molar-refractivity contribution in [2.45, 2.75) is 59.0 Å². The van der Waals surface area contributed by atoms with Crippen molar-refractivity contribution < 1.29 is 0 Å². The number of hydrogen-bond donors (Lipinski definition) is 1. The minimum absolute atomic E-state index is 0.172. The molecule has 1 aromatic carbocycles. The second kappa shape index (κ2) is 4.58. The first-order valence-electron chi connectivity index (χ1n) is 6.03. The maximum Gasteiger partial charge on any atom is 0.0213 e. The predicted octanol–water partition coefficient (Wildman–Crippen LogP) is 3.87. The van der Waals surface area contributed by atoms with Crippen molar-refractivity contribution in [2.75, 3.05) is 0 Å². The molecule has 1 rings (SSSR count). The van der Waals surface area contributed by atoms with Gasteiger partial charge in [0.15, 0.2) is 0 Å². The van der Waals surface area contributed by atoms with Crippen LogP contribution in [-0.4, -0.2) is 5.54 Å². The highest BCUT2D eigenvalue weighted by Gasteiger charge is 2.18. The van der Waals surface area contributed by atoms with Gasteiger partial charge < -0.3 is 5.32 Å². The van der Waals surface area contributed by atoms with Gasteiger partial charge >= 0.3 is 0 Å². The third-order valence-electron chi connectivity index (χ3n) is 2.63. The molecule has 0 bridgehead atoms. The lowest BCUT2D eigenvalue weighted by molar-refractivity contribution is 0.421. The van der Waals surface area contributed by atoms with Crippen LogP contribution in [-0.2, 0) is 12.0 Å². The van der Waals surface area contributed by atoms with Crippen molar-refractivity contribution in [3.05, 3.63) is 35.4 Å². The molecule has 0 heterocycles. The molecular formula is C15H25N. The molecule has 0 amide bonds. The third kappa shape index (κ3) is 3.97. The zero-order valence-corrected chi connectivity index (χ0v) is 11.5. The van der Waals surface area contributed by atoms with Gasteiger partial charge in [-0.05, 0) is 37.3 Å². The first-order valence-corrected chi connectivity index (χ1v) is 6.03. The topological polar surface area (TPSA) is 12.0 Å². The summed E-state index contributed by atoms with van der Waals surface area (Å²) in [5.74, 6) is 0. The second-order valence-electron chi connectivity index (χ2n) is 6.51. The molecule has 0 aliphatic rings. The first-order chi connectivity index (χ1) is 7.20. The summed E-state index contributed by atoms with van der Waals surface area (Å²) in [5.41, 5.74) is 3.23. The van der Waals surface area contributed by atoms with Crippen LogP contribution in [0, 0.1) is 0 Å². The van der Waals surface area contributed by atoms with E-state index in [0.717, 1.165) is 6.54 Å². The van der Waals surface area contributed by atoms with Crippen LogP contribution >= 0.6 is 0 Å². The van der Waals surface area contributed by atoms with Crippen molar-refractivity contribution in [3.8, 4) is 0 Å². The fourth-order valence-corrected chi connectivity index (χ4v) is 1.77. The highest BCUT2D eigenvalue weighted by Crippen LogP contribution is 2.25. The summed E-state index contributed by atoms with van der Waals surface area (Å²) in [5, 5.41) is 3.55. The van der Waals surface area contributed by atoms with Crippen LogP contribution in [0.3, 0.4) is 0 Å². The van der Waals surface area contributed by atoms with Crippen LogP contribution in [0.15, 0.2) is 24.3 Å². The van der Waals surface area contributed by atoms with Gasteiger partial charge in [-0.25, -0.2) is 0 Å². The Morgan fingerprint density at radius 3 is 2.00 bits per heavy atom. The van der Waals surface area contributed by atoms with E-state index in [1.165, 1.54) is 11.1 Å². The van der Waals surface area contributed by atoms with Gasteiger partial charge in [-0.15, -0.1) is 0 Å². The Bertz CT molecular complexity index is 339. The summed E-state index contributed by atoms with van der Waals surface area (Å²) in [6, 6.07) is 8.70. The second-order valence-corrected chi connectivity index (χ2v) is 6.51. The molecule has 0 radical (unpaired) electrons. The smallest absolute Gasteiger partial charge is 0.0213 e. The van der Waals surface area contributed by atoms with Gasteiger partial charge in [-0.3, -0.25) is 0 Å². The quantitative estimate of drug-likeness (QED) is 0.796. The molecule has 0 fully saturated rings. The fraction of sp³-hybridized carbons (Fsp3) is 0.600. The van der Waals surface area contributed by atoms with E-state index in [4.69, 9.17) is 0 Å². The summed E-state index contributed by atoms with van der Waals surface area (Å²) < 4.78 is 0. The van der Waals surface area contributed by atoms with Gasteiger partial charge in [0, 0.05) is 12.1 Å². The van der Waals surface area contributed by atoms with E-state index in [0.29, 0.717) is 0 Å². The largest absolute Gasteiger partial charge is 0.308 e. The Morgan fingerprint density at radius 2 is 1.50 bits per heavy atom. The zero-order chi connectivity index (χ0) is 12.4. The molecule has 0 saturated heterocycles. The monoisotopic (exact) mass is 219 g/mol. The molecular weight excluding hydrogens is 194 g/mol. The highest BCUT2D eigenvalue weighted by molar-refractivity contribution is 5.32. The molecule has 16 heavy (non-hydrogen) atoms. The molecule has 1 nitrogen and oxygen atoms in total. The molecule has 1 N–H and O–H groups in total. The van der Waals surface area contributed by atoms with Gasteiger partial charge in [0.05, 0.1) is 0 Å². The lowest BCUT2D eigenvalue weighted by Gasteiger charge is -2.26. The van der Waals surface area contributed by atoms with Crippen LogP contribution in [0.2, 0.25) is 0 Å².